The van der Waals surface area contributed by atoms with E-state index < -0.39 is 0 Å². The van der Waals surface area contributed by atoms with Gasteiger partial charge in [0.15, 0.2) is 0 Å². The summed E-state index contributed by atoms with van der Waals surface area (Å²) in [7, 11) is 0. The summed E-state index contributed by atoms with van der Waals surface area (Å²) in [5, 5.41) is 3.32. The van der Waals surface area contributed by atoms with Gasteiger partial charge in [-0.3, -0.25) is 0 Å². The average Bonchev–Trinajstić information content (AvgIpc) is 2.93. The van der Waals surface area contributed by atoms with Crippen molar-refractivity contribution in [3.63, 3.8) is 0 Å². The zero-order chi connectivity index (χ0) is 12.8. The van der Waals surface area contributed by atoms with Gasteiger partial charge in [-0.2, -0.15) is 0 Å². The van der Waals surface area contributed by atoms with Crippen molar-refractivity contribution in [2.45, 2.75) is 12.8 Å². The van der Waals surface area contributed by atoms with E-state index in [1.807, 2.05) is 18.2 Å². The largest absolute Gasteiger partial charge is 0.462 e. The lowest BCUT2D eigenvalue weighted by molar-refractivity contribution is 0.0417. The first-order chi connectivity index (χ1) is 9.33. The lowest BCUT2D eigenvalue weighted by Crippen LogP contribution is -2.30. The number of carbonyl (C=O) groups is 1. The van der Waals surface area contributed by atoms with E-state index in [0.717, 1.165) is 42.8 Å². The smallest absolute Gasteiger partial charge is 0.338 e. The molecule has 2 aliphatic carbocycles. The van der Waals surface area contributed by atoms with Gasteiger partial charge in [0, 0.05) is 11.1 Å². The van der Waals surface area contributed by atoms with Crippen molar-refractivity contribution in [3.8, 4) is 22.5 Å². The van der Waals surface area contributed by atoms with Crippen molar-refractivity contribution >= 4 is 5.97 Å². The lowest BCUT2D eigenvalue weighted by Gasteiger charge is -2.22. The Kier molecular flexibility index (Phi) is 2.38. The molecule has 4 aliphatic rings. The van der Waals surface area contributed by atoms with E-state index in [-0.39, 0.29) is 5.97 Å². The Morgan fingerprint density at radius 2 is 2.11 bits per heavy atom. The predicted octanol–water partition coefficient (Wildman–Crippen LogP) is 2.26. The fourth-order valence-electron chi connectivity index (χ4n) is 2.93. The molecule has 0 spiro atoms. The van der Waals surface area contributed by atoms with Crippen LogP contribution in [0.25, 0.3) is 22.5 Å². The molecule has 0 bridgehead atoms. The molecule has 0 radical (unpaired) electrons. The van der Waals surface area contributed by atoms with Crippen molar-refractivity contribution in [3.05, 3.63) is 23.8 Å². The summed E-state index contributed by atoms with van der Waals surface area (Å²) in [6.45, 7) is 2.61. The van der Waals surface area contributed by atoms with Gasteiger partial charge in [-0.15, -0.1) is 0 Å². The average molecular weight is 256 g/mol. The number of aromatic nitrogens is 1. The molecule has 98 valence electrons. The molecule has 2 heterocycles. The molecule has 2 aliphatic heterocycles. The van der Waals surface area contributed by atoms with Gasteiger partial charge in [-0.25, -0.2) is 4.79 Å². The number of hydrogen-bond acceptors (Lipinski definition) is 3. The van der Waals surface area contributed by atoms with Crippen LogP contribution in [-0.4, -0.2) is 30.6 Å². The third kappa shape index (κ3) is 1.83. The maximum Gasteiger partial charge on any atom is 0.338 e. The van der Waals surface area contributed by atoms with Crippen LogP contribution in [0.5, 0.6) is 0 Å². The Bertz CT molecular complexity index is 611. The van der Waals surface area contributed by atoms with E-state index in [4.69, 9.17) is 4.74 Å². The van der Waals surface area contributed by atoms with Crippen LogP contribution < -0.4 is 5.32 Å². The van der Waals surface area contributed by atoms with Crippen LogP contribution in [0.4, 0.5) is 0 Å². The van der Waals surface area contributed by atoms with Gasteiger partial charge in [0.25, 0.3) is 0 Å². The summed E-state index contributed by atoms with van der Waals surface area (Å²) in [4.78, 5) is 15.3. The molecule has 0 aromatic heterocycles. The Labute approximate surface area is 111 Å². The standard InChI is InChI=1S/C15H16N2O2/c18-15(19-8-9-3-5-16-6-4-9)11-2-1-10-12(11)7-13-14(10)17-13/h1-2,7,9,16-17H,3-6,8H2. The number of piperidine rings is 1. The van der Waals surface area contributed by atoms with Crippen molar-refractivity contribution in [1.82, 2.24) is 10.3 Å². The van der Waals surface area contributed by atoms with Crippen LogP contribution in [0.1, 0.15) is 23.2 Å². The van der Waals surface area contributed by atoms with Crippen LogP contribution in [0.3, 0.4) is 0 Å². The summed E-state index contributed by atoms with van der Waals surface area (Å²) >= 11 is 0. The van der Waals surface area contributed by atoms with Crippen LogP contribution in [-0.2, 0) is 4.74 Å². The molecule has 4 rings (SSSR count). The first-order valence-electron chi connectivity index (χ1n) is 6.87. The maximum atomic E-state index is 12.1. The summed E-state index contributed by atoms with van der Waals surface area (Å²) in [5.74, 6) is 0.328. The van der Waals surface area contributed by atoms with E-state index in [1.165, 1.54) is 5.69 Å². The zero-order valence-electron chi connectivity index (χ0n) is 10.7. The molecule has 0 aromatic rings. The summed E-state index contributed by atoms with van der Waals surface area (Å²) in [6.07, 6.45) is 2.19. The van der Waals surface area contributed by atoms with Crippen LogP contribution in [0.2, 0.25) is 0 Å². The monoisotopic (exact) mass is 256 g/mol. The first kappa shape index (κ1) is 11.1. The van der Waals surface area contributed by atoms with Gasteiger partial charge in [0.2, 0.25) is 0 Å². The molecule has 4 nitrogen and oxygen atoms in total. The number of esters is 1. The normalized spacial score (nSPS) is 17.7. The third-order valence-corrected chi connectivity index (χ3v) is 4.15. The summed E-state index contributed by atoms with van der Waals surface area (Å²) < 4.78 is 5.48. The molecule has 1 saturated heterocycles. The predicted molar refractivity (Wildman–Crippen MR) is 72.3 cm³/mol. The number of ether oxygens (including phenoxy) is 1. The topological polar surface area (TPSA) is 54.1 Å². The fraction of sp³-hybridized carbons (Fsp3) is 0.400. The highest BCUT2D eigenvalue weighted by Crippen LogP contribution is 2.45. The quantitative estimate of drug-likeness (QED) is 0.707. The first-order valence-corrected chi connectivity index (χ1v) is 6.87. The summed E-state index contributed by atoms with van der Waals surface area (Å²) in [5.41, 5.74) is 5.20. The number of pyridine rings is 1. The van der Waals surface area contributed by atoms with Gasteiger partial charge in [-0.1, -0.05) is 6.07 Å². The number of fused-ring (bicyclic) bond motifs is 3. The molecular formula is C15H16N2O2. The minimum absolute atomic E-state index is 0.182. The number of hydrogen-bond donors (Lipinski definition) is 2. The Morgan fingerprint density at radius 1 is 1.26 bits per heavy atom. The van der Waals surface area contributed by atoms with Crippen molar-refractivity contribution in [2.24, 2.45) is 5.92 Å². The second kappa shape index (κ2) is 4.10. The van der Waals surface area contributed by atoms with Gasteiger partial charge in [-0.05, 0) is 44.0 Å². The lowest BCUT2D eigenvalue weighted by atomic mass is 9.99. The molecule has 0 atom stereocenters. The van der Waals surface area contributed by atoms with Crippen molar-refractivity contribution in [1.29, 1.82) is 0 Å². The number of H-pyrrole nitrogens is 1. The molecule has 2 N–H and O–H groups in total. The van der Waals surface area contributed by atoms with E-state index in [2.05, 4.69) is 10.3 Å². The number of carbonyl (C=O) groups excluding carboxylic acids is 1. The fourth-order valence-corrected chi connectivity index (χ4v) is 2.93. The van der Waals surface area contributed by atoms with E-state index >= 15 is 0 Å². The second-order valence-corrected chi connectivity index (χ2v) is 5.42. The molecule has 0 unspecified atom stereocenters. The van der Waals surface area contributed by atoms with E-state index in [9.17, 15) is 4.79 Å². The second-order valence-electron chi connectivity index (χ2n) is 5.42. The highest BCUT2D eigenvalue weighted by atomic mass is 16.5. The highest BCUT2D eigenvalue weighted by molar-refractivity contribution is 6.05. The van der Waals surface area contributed by atoms with Gasteiger partial charge in [0.05, 0.1) is 23.6 Å². The van der Waals surface area contributed by atoms with Crippen LogP contribution in [0, 0.1) is 5.92 Å². The van der Waals surface area contributed by atoms with Crippen molar-refractivity contribution in [2.75, 3.05) is 19.7 Å². The molecule has 0 amide bonds. The number of aromatic amines is 1. The Balaban J connectivity index is 1.43. The van der Waals surface area contributed by atoms with Crippen LogP contribution in [0.15, 0.2) is 18.2 Å². The number of nitrogens with one attached hydrogen (secondary N) is 2. The SMILES string of the molecule is O=C(OCC1CCNCC1)c1ccc2c3[nH]c-3cc1-2. The maximum absolute atomic E-state index is 12.1. The van der Waals surface area contributed by atoms with E-state index in [1.54, 1.807) is 0 Å². The van der Waals surface area contributed by atoms with Gasteiger partial charge in [0.1, 0.15) is 0 Å². The third-order valence-electron chi connectivity index (χ3n) is 4.15. The zero-order valence-corrected chi connectivity index (χ0v) is 10.7. The van der Waals surface area contributed by atoms with Gasteiger partial charge >= 0.3 is 5.97 Å². The Hall–Kier alpha value is -1.81. The molecule has 0 saturated carbocycles. The summed E-state index contributed by atoms with van der Waals surface area (Å²) in [6, 6.07) is 5.90. The highest BCUT2D eigenvalue weighted by Gasteiger charge is 2.29. The molecule has 19 heavy (non-hydrogen) atoms. The molecule has 1 fully saturated rings. The molecule has 4 heteroatoms. The number of rotatable bonds is 3. The van der Waals surface area contributed by atoms with Crippen LogP contribution >= 0.6 is 0 Å². The Morgan fingerprint density at radius 3 is 2.95 bits per heavy atom. The van der Waals surface area contributed by atoms with E-state index in [0.29, 0.717) is 18.1 Å². The molecule has 0 aromatic carbocycles. The van der Waals surface area contributed by atoms with Gasteiger partial charge < -0.3 is 15.0 Å². The van der Waals surface area contributed by atoms with Crippen molar-refractivity contribution < 1.29 is 9.53 Å². The minimum Gasteiger partial charge on any atom is -0.462 e. The molecular weight excluding hydrogens is 240 g/mol. The minimum atomic E-state index is -0.182.